The summed E-state index contributed by atoms with van der Waals surface area (Å²) in [6.07, 6.45) is 8.21. The van der Waals surface area contributed by atoms with E-state index in [-0.39, 0.29) is 19.8 Å². The van der Waals surface area contributed by atoms with E-state index in [1.165, 1.54) is 15.6 Å². The van der Waals surface area contributed by atoms with Gasteiger partial charge in [-0.3, -0.25) is 0 Å². The van der Waals surface area contributed by atoms with E-state index in [0.717, 1.165) is 23.1 Å². The van der Waals surface area contributed by atoms with Gasteiger partial charge in [0, 0.05) is 0 Å². The van der Waals surface area contributed by atoms with Gasteiger partial charge < -0.3 is 0 Å². The number of rotatable bonds is 9. The summed E-state index contributed by atoms with van der Waals surface area (Å²) in [7, 11) is 0. The molecule has 3 rings (SSSR count). The average Bonchev–Trinajstić information content (AvgIpc) is 2.73. The van der Waals surface area contributed by atoms with E-state index in [4.69, 9.17) is 0 Å². The van der Waals surface area contributed by atoms with E-state index in [0.29, 0.717) is 6.54 Å². The van der Waals surface area contributed by atoms with Gasteiger partial charge in [0.1, 0.15) is 0 Å². The summed E-state index contributed by atoms with van der Waals surface area (Å²) in [5.41, 5.74) is 3.68. The predicted molar refractivity (Wildman–Crippen MR) is 124 cm³/mol. The van der Waals surface area contributed by atoms with Crippen molar-refractivity contribution in [2.24, 2.45) is 0 Å². The fraction of sp³-hybridized carbons (Fsp3) is 0.192. The fourth-order valence-electron chi connectivity index (χ4n) is 3.12. The van der Waals surface area contributed by atoms with Crippen molar-refractivity contribution in [2.45, 2.75) is 24.6 Å². The molecule has 0 saturated carbocycles. The molecule has 148 valence electrons. The first-order chi connectivity index (χ1) is 14.2. The molecule has 0 aliphatic heterocycles. The topological polar surface area (TPSA) is 26.1 Å². The number of hydroxylamine groups is 1. The Balaban J connectivity index is 1.65. The number of aryl methyl sites for hydroxylation is 2. The van der Waals surface area contributed by atoms with Gasteiger partial charge in [-0.25, -0.2) is 0 Å². The Morgan fingerprint density at radius 2 is 1.55 bits per heavy atom. The number of nitrogens with zero attached hydrogens (tertiary/aromatic N) is 1. The molecule has 1 unspecified atom stereocenters. The quantitative estimate of drug-likeness (QED) is 0.114. The van der Waals surface area contributed by atoms with Crippen LogP contribution in [-0.2, 0) is 6.42 Å². The Bertz CT molecular complexity index is 935. The van der Waals surface area contributed by atoms with Crippen LogP contribution in [0.4, 0.5) is 0 Å². The third-order valence-corrected chi connectivity index (χ3v) is 7.10. The first kappa shape index (κ1) is 21.1. The molecule has 0 aliphatic rings. The number of benzene rings is 3. The molecule has 0 N–H and O–H groups in total. The average molecular weight is 448 g/mol. The molecule has 3 heteroatoms. The Labute approximate surface area is 180 Å². The van der Waals surface area contributed by atoms with Gasteiger partial charge in [0.05, 0.1) is 0 Å². The van der Waals surface area contributed by atoms with Crippen molar-refractivity contribution >= 4 is 25.6 Å². The van der Waals surface area contributed by atoms with Crippen LogP contribution in [-0.4, -0.2) is 32.5 Å². The molecular formula is C26H27NOSe. The van der Waals surface area contributed by atoms with Crippen molar-refractivity contribution in [3.05, 3.63) is 119 Å². The van der Waals surface area contributed by atoms with Crippen LogP contribution in [0, 0.1) is 12.1 Å². The third-order valence-electron chi connectivity index (χ3n) is 4.68. The van der Waals surface area contributed by atoms with Crippen LogP contribution in [0.15, 0.2) is 97.1 Å². The van der Waals surface area contributed by atoms with E-state index in [1.54, 1.807) is 6.21 Å². The van der Waals surface area contributed by atoms with E-state index in [2.05, 4.69) is 67.6 Å². The van der Waals surface area contributed by atoms with Gasteiger partial charge in [0.25, 0.3) is 0 Å². The third kappa shape index (κ3) is 7.38. The van der Waals surface area contributed by atoms with Gasteiger partial charge in [0.2, 0.25) is 0 Å². The molecule has 3 aromatic rings. The maximum atomic E-state index is 12.5. The van der Waals surface area contributed by atoms with Crippen LogP contribution in [0.3, 0.4) is 0 Å². The van der Waals surface area contributed by atoms with E-state index < -0.39 is 0 Å². The summed E-state index contributed by atoms with van der Waals surface area (Å²) in [4.78, 5) is 0.235. The summed E-state index contributed by atoms with van der Waals surface area (Å²) in [5.74, 6) is 0. The molecule has 0 fully saturated rings. The number of hydrogen-bond acceptors (Lipinski definition) is 1. The molecule has 1 atom stereocenters. The maximum absolute atomic E-state index is 12.5. The molecule has 2 nitrogen and oxygen atoms in total. The van der Waals surface area contributed by atoms with Gasteiger partial charge in [-0.05, 0) is 0 Å². The second-order valence-corrected chi connectivity index (χ2v) is 9.76. The molecule has 0 amide bonds. The molecule has 0 spiro atoms. The summed E-state index contributed by atoms with van der Waals surface area (Å²) < 4.78 is 2.40. The van der Waals surface area contributed by atoms with E-state index >= 15 is 0 Å². The van der Waals surface area contributed by atoms with E-state index in [9.17, 15) is 5.21 Å². The minimum atomic E-state index is 0.216. The van der Waals surface area contributed by atoms with Crippen LogP contribution in [0.2, 0.25) is 4.82 Å². The first-order valence-electron chi connectivity index (χ1n) is 9.97. The van der Waals surface area contributed by atoms with Gasteiger partial charge in [-0.2, -0.15) is 0 Å². The van der Waals surface area contributed by atoms with Crippen LogP contribution in [0.5, 0.6) is 0 Å². The van der Waals surface area contributed by atoms with Gasteiger partial charge in [-0.15, -0.1) is 0 Å². The molecule has 0 saturated heterocycles. The van der Waals surface area contributed by atoms with Crippen LogP contribution in [0.1, 0.15) is 23.1 Å². The molecule has 0 aromatic heterocycles. The van der Waals surface area contributed by atoms with E-state index in [1.807, 2.05) is 36.4 Å². The number of allylic oxidation sites excluding steroid dienone is 1. The Morgan fingerprint density at radius 3 is 2.28 bits per heavy atom. The second-order valence-electron chi connectivity index (χ2n) is 7.00. The fourth-order valence-corrected chi connectivity index (χ4v) is 5.38. The molecule has 29 heavy (non-hydrogen) atoms. The minimum absolute atomic E-state index is 0.216. The first-order valence-corrected chi connectivity index (χ1v) is 11.8. The predicted octanol–water partition coefficient (Wildman–Crippen LogP) is 4.93. The Hall–Kier alpha value is -2.61. The molecule has 3 aromatic carbocycles. The Morgan fingerprint density at radius 1 is 0.897 bits per heavy atom. The zero-order chi connectivity index (χ0) is 20.3. The number of hydrogen-bond donors (Lipinski definition) is 0. The summed E-state index contributed by atoms with van der Waals surface area (Å²) >= 11 is 0.216. The van der Waals surface area contributed by atoms with Crippen molar-refractivity contribution in [1.29, 1.82) is 0 Å². The summed E-state index contributed by atoms with van der Waals surface area (Å²) in [6.45, 7) is 2.64. The van der Waals surface area contributed by atoms with Crippen molar-refractivity contribution < 1.29 is 4.74 Å². The zero-order valence-electron chi connectivity index (χ0n) is 16.8. The van der Waals surface area contributed by atoms with Crippen LogP contribution >= 0.6 is 0 Å². The molecular weight excluding hydrogens is 421 g/mol. The Kier molecular flexibility index (Phi) is 8.30. The van der Waals surface area contributed by atoms with Crippen LogP contribution in [0.25, 0.3) is 0 Å². The monoisotopic (exact) mass is 449 g/mol. The van der Waals surface area contributed by atoms with Crippen molar-refractivity contribution in [1.82, 2.24) is 0 Å². The van der Waals surface area contributed by atoms with Gasteiger partial charge >= 0.3 is 180 Å². The van der Waals surface area contributed by atoms with Gasteiger partial charge in [0.15, 0.2) is 0 Å². The molecule has 0 heterocycles. The van der Waals surface area contributed by atoms with Crippen LogP contribution < -0.4 is 4.46 Å². The van der Waals surface area contributed by atoms with Gasteiger partial charge in [-0.1, -0.05) is 0 Å². The van der Waals surface area contributed by atoms with Crippen molar-refractivity contribution in [3.8, 4) is 0 Å². The summed E-state index contributed by atoms with van der Waals surface area (Å²) in [6, 6.07) is 28.8. The summed E-state index contributed by atoms with van der Waals surface area (Å²) in [5, 5.41) is 12.5. The SMILES string of the molecule is Cc1ccccc1CC/C=C/C(C/[N+]([O-])=C/c1ccccc1)[Se]c1ccccc1. The zero-order valence-corrected chi connectivity index (χ0v) is 18.5. The normalized spacial score (nSPS) is 12.9. The van der Waals surface area contributed by atoms with Crippen molar-refractivity contribution in [3.63, 3.8) is 0 Å². The molecule has 0 bridgehead atoms. The standard InChI is InChI=1S/C26H27NOSe/c1-22-12-8-9-15-24(22)16-10-11-19-26(29-25-17-6-3-7-18-25)21-27(28)20-23-13-4-2-5-14-23/h2-9,11-15,17-20,26H,10,16,21H2,1H3/b19-11+,27-20-. The van der Waals surface area contributed by atoms with Crippen molar-refractivity contribution in [2.75, 3.05) is 6.54 Å². The molecule has 0 radical (unpaired) electrons. The molecule has 0 aliphatic carbocycles. The second kappa shape index (κ2) is 11.4.